The van der Waals surface area contributed by atoms with Crippen molar-refractivity contribution in [1.29, 1.82) is 0 Å². The SMILES string of the molecule is Cc1c(NC(=O)/C=C/c2ccccc2[N+](=O)[O-])cccc1C(=O)N1CCc2sccc2C1. The summed E-state index contributed by atoms with van der Waals surface area (Å²) in [5.74, 6) is -0.498. The van der Waals surface area contributed by atoms with E-state index < -0.39 is 10.8 Å². The molecule has 2 aromatic carbocycles. The van der Waals surface area contributed by atoms with Crippen molar-refractivity contribution in [2.75, 3.05) is 11.9 Å². The highest BCUT2D eigenvalue weighted by Gasteiger charge is 2.24. The molecule has 0 aliphatic carbocycles. The Bertz CT molecular complexity index is 1230. The number of para-hydroxylation sites is 1. The van der Waals surface area contributed by atoms with Gasteiger partial charge in [-0.05, 0) is 60.2 Å². The predicted octanol–water partition coefficient (Wildman–Crippen LogP) is 4.82. The molecule has 8 heteroatoms. The first-order chi connectivity index (χ1) is 15.4. The molecule has 3 aromatic rings. The molecule has 2 heterocycles. The maximum absolute atomic E-state index is 13.1. The molecule has 1 N–H and O–H groups in total. The second-order valence-corrected chi connectivity index (χ2v) is 8.46. The van der Waals surface area contributed by atoms with Crippen molar-refractivity contribution in [3.05, 3.63) is 97.2 Å². The summed E-state index contributed by atoms with van der Waals surface area (Å²) in [6.45, 7) is 3.06. The van der Waals surface area contributed by atoms with E-state index >= 15 is 0 Å². The highest BCUT2D eigenvalue weighted by molar-refractivity contribution is 7.10. The third-order valence-corrected chi connectivity index (χ3v) is 6.49. The minimum atomic E-state index is -0.490. The van der Waals surface area contributed by atoms with Gasteiger partial charge in [0, 0.05) is 41.4 Å². The normalized spacial score (nSPS) is 13.1. The molecule has 4 rings (SSSR count). The molecule has 0 unspecified atom stereocenters. The van der Waals surface area contributed by atoms with Gasteiger partial charge in [0.2, 0.25) is 5.91 Å². The maximum Gasteiger partial charge on any atom is 0.276 e. The number of thiophene rings is 1. The minimum absolute atomic E-state index is 0.0640. The average Bonchev–Trinajstić information content (AvgIpc) is 3.27. The first-order valence-corrected chi connectivity index (χ1v) is 11.0. The van der Waals surface area contributed by atoms with Gasteiger partial charge >= 0.3 is 0 Å². The number of hydrogen-bond donors (Lipinski definition) is 1. The largest absolute Gasteiger partial charge is 0.334 e. The van der Waals surface area contributed by atoms with E-state index in [1.807, 2.05) is 4.90 Å². The lowest BCUT2D eigenvalue weighted by molar-refractivity contribution is -0.385. The van der Waals surface area contributed by atoms with E-state index in [0.717, 1.165) is 6.42 Å². The molecule has 0 spiro atoms. The number of nitro groups is 1. The van der Waals surface area contributed by atoms with Crippen LogP contribution in [0.1, 0.15) is 31.9 Å². The summed E-state index contributed by atoms with van der Waals surface area (Å²) >= 11 is 1.72. The zero-order chi connectivity index (χ0) is 22.7. The van der Waals surface area contributed by atoms with Crippen LogP contribution in [0.15, 0.2) is 60.0 Å². The van der Waals surface area contributed by atoms with Gasteiger partial charge in [-0.1, -0.05) is 18.2 Å². The Morgan fingerprint density at radius 3 is 2.78 bits per heavy atom. The van der Waals surface area contributed by atoms with Crippen molar-refractivity contribution in [2.45, 2.75) is 19.9 Å². The zero-order valence-corrected chi connectivity index (χ0v) is 18.2. The van der Waals surface area contributed by atoms with Crippen LogP contribution in [0.4, 0.5) is 11.4 Å². The standard InChI is InChI=1S/C24H21N3O4S/c1-16-19(24(29)26-13-11-22-18(15-26)12-14-32-22)6-4-7-20(16)25-23(28)10-9-17-5-2-3-8-21(17)27(30)31/h2-10,12,14H,11,13,15H2,1H3,(H,25,28)/b10-9+. The van der Waals surface area contributed by atoms with Gasteiger partial charge in [0.05, 0.1) is 10.5 Å². The summed E-state index contributed by atoms with van der Waals surface area (Å²) in [6.07, 6.45) is 3.51. The third kappa shape index (κ3) is 4.45. The molecule has 162 valence electrons. The fourth-order valence-electron chi connectivity index (χ4n) is 3.73. The van der Waals surface area contributed by atoms with Gasteiger partial charge in [0.25, 0.3) is 11.6 Å². The van der Waals surface area contributed by atoms with Crippen molar-refractivity contribution in [2.24, 2.45) is 0 Å². The van der Waals surface area contributed by atoms with Crippen LogP contribution in [-0.2, 0) is 17.8 Å². The van der Waals surface area contributed by atoms with Crippen LogP contribution in [0.2, 0.25) is 0 Å². The van der Waals surface area contributed by atoms with Gasteiger partial charge in [-0.25, -0.2) is 0 Å². The van der Waals surface area contributed by atoms with Crippen molar-refractivity contribution >= 4 is 40.6 Å². The quantitative estimate of drug-likeness (QED) is 0.345. The number of amides is 2. The molecule has 2 amide bonds. The lowest BCUT2D eigenvalue weighted by Gasteiger charge is -2.28. The topological polar surface area (TPSA) is 92.5 Å². The monoisotopic (exact) mass is 447 g/mol. The number of nitrogens with one attached hydrogen (secondary N) is 1. The Morgan fingerprint density at radius 1 is 1.16 bits per heavy atom. The highest BCUT2D eigenvalue weighted by atomic mass is 32.1. The molecule has 0 atom stereocenters. The summed E-state index contributed by atoms with van der Waals surface area (Å²) in [4.78, 5) is 39.4. The van der Waals surface area contributed by atoms with Crippen LogP contribution in [0.25, 0.3) is 6.08 Å². The van der Waals surface area contributed by atoms with Crippen LogP contribution in [-0.4, -0.2) is 28.2 Å². The lowest BCUT2D eigenvalue weighted by Crippen LogP contribution is -2.35. The molecular formula is C24H21N3O4S. The number of nitrogens with zero attached hydrogens (tertiary/aromatic N) is 2. The third-order valence-electron chi connectivity index (χ3n) is 5.46. The summed E-state index contributed by atoms with van der Waals surface area (Å²) in [7, 11) is 0. The second-order valence-electron chi connectivity index (χ2n) is 7.46. The Labute approximate surface area is 189 Å². The Kier molecular flexibility index (Phi) is 6.13. The Balaban J connectivity index is 1.49. The van der Waals surface area contributed by atoms with E-state index in [2.05, 4.69) is 16.8 Å². The molecule has 32 heavy (non-hydrogen) atoms. The smallest absolute Gasteiger partial charge is 0.276 e. The average molecular weight is 448 g/mol. The lowest BCUT2D eigenvalue weighted by atomic mass is 10.0. The second kappa shape index (κ2) is 9.15. The fraction of sp³-hybridized carbons (Fsp3) is 0.167. The first-order valence-electron chi connectivity index (χ1n) is 10.1. The van der Waals surface area contributed by atoms with E-state index in [9.17, 15) is 19.7 Å². The van der Waals surface area contributed by atoms with Crippen LogP contribution >= 0.6 is 11.3 Å². The fourth-order valence-corrected chi connectivity index (χ4v) is 4.62. The molecule has 1 aliphatic rings. The number of carbonyl (C=O) groups is 2. The first kappa shape index (κ1) is 21.5. The molecule has 7 nitrogen and oxygen atoms in total. The minimum Gasteiger partial charge on any atom is -0.334 e. The number of anilines is 1. The van der Waals surface area contributed by atoms with Gasteiger partial charge in [-0.3, -0.25) is 19.7 Å². The highest BCUT2D eigenvalue weighted by Crippen LogP contribution is 2.27. The zero-order valence-electron chi connectivity index (χ0n) is 17.4. The molecule has 0 saturated carbocycles. The molecule has 0 bridgehead atoms. The number of hydrogen-bond acceptors (Lipinski definition) is 5. The van der Waals surface area contributed by atoms with Crippen LogP contribution in [0.3, 0.4) is 0 Å². The van der Waals surface area contributed by atoms with Gasteiger partial charge in [0.15, 0.2) is 0 Å². The number of nitro benzene ring substituents is 1. The van der Waals surface area contributed by atoms with E-state index in [4.69, 9.17) is 0 Å². The van der Waals surface area contributed by atoms with E-state index in [0.29, 0.717) is 35.5 Å². The van der Waals surface area contributed by atoms with Crippen LogP contribution in [0, 0.1) is 17.0 Å². The maximum atomic E-state index is 13.1. The predicted molar refractivity (Wildman–Crippen MR) is 125 cm³/mol. The number of fused-ring (bicyclic) bond motifs is 1. The van der Waals surface area contributed by atoms with Gasteiger partial charge in [-0.15, -0.1) is 11.3 Å². The number of carbonyl (C=O) groups excluding carboxylic acids is 2. The summed E-state index contributed by atoms with van der Waals surface area (Å²) < 4.78 is 0. The Hall–Kier alpha value is -3.78. The van der Waals surface area contributed by atoms with Crippen LogP contribution in [0.5, 0.6) is 0 Å². The summed E-state index contributed by atoms with van der Waals surface area (Å²) in [6, 6.07) is 13.5. The molecule has 0 fully saturated rings. The van der Waals surface area contributed by atoms with E-state index in [1.165, 1.54) is 28.7 Å². The number of rotatable bonds is 5. The van der Waals surface area contributed by atoms with Gasteiger partial charge in [-0.2, -0.15) is 0 Å². The summed E-state index contributed by atoms with van der Waals surface area (Å²) in [5.41, 5.74) is 3.21. The molecule has 1 aromatic heterocycles. The summed E-state index contributed by atoms with van der Waals surface area (Å²) in [5, 5.41) is 15.9. The van der Waals surface area contributed by atoms with Gasteiger partial charge in [0.1, 0.15) is 0 Å². The van der Waals surface area contributed by atoms with Gasteiger partial charge < -0.3 is 10.2 Å². The van der Waals surface area contributed by atoms with Crippen molar-refractivity contribution in [1.82, 2.24) is 4.90 Å². The van der Waals surface area contributed by atoms with Crippen molar-refractivity contribution in [3.8, 4) is 0 Å². The molecule has 1 aliphatic heterocycles. The molecule has 0 saturated heterocycles. The number of benzene rings is 2. The van der Waals surface area contributed by atoms with E-state index in [1.54, 1.807) is 54.7 Å². The van der Waals surface area contributed by atoms with Crippen molar-refractivity contribution in [3.63, 3.8) is 0 Å². The van der Waals surface area contributed by atoms with Crippen LogP contribution < -0.4 is 5.32 Å². The Morgan fingerprint density at radius 2 is 1.97 bits per heavy atom. The molecule has 0 radical (unpaired) electrons. The molecular weight excluding hydrogens is 426 g/mol. The van der Waals surface area contributed by atoms with Crippen molar-refractivity contribution < 1.29 is 14.5 Å². The van der Waals surface area contributed by atoms with E-state index in [-0.39, 0.29) is 11.6 Å².